The Morgan fingerprint density at radius 1 is 1.21 bits per heavy atom. The van der Waals surface area contributed by atoms with E-state index in [2.05, 4.69) is 15.1 Å². The molecule has 7 heteroatoms. The Morgan fingerprint density at radius 2 is 2.03 bits per heavy atom. The van der Waals surface area contributed by atoms with Gasteiger partial charge in [-0.3, -0.25) is 14.8 Å². The highest BCUT2D eigenvalue weighted by molar-refractivity contribution is 5.92. The minimum absolute atomic E-state index is 0.00761. The number of piperidine rings is 1. The standard InChI is InChI=1S/C22H29FN4O2/c23-20-6-2-1-4-18(20)15-26-11-8-17(9-12-26)14-27(16-19-5-3-13-29-19)22(28)21-7-10-24-25-21/h1-2,4,6-7,10,17,19H,3,5,8-9,11-16H2,(H,24,25)/t19-/m0/s1. The molecule has 1 atom stereocenters. The largest absolute Gasteiger partial charge is 0.376 e. The maximum absolute atomic E-state index is 13.9. The zero-order chi connectivity index (χ0) is 20.1. The molecule has 4 rings (SSSR count). The van der Waals surface area contributed by atoms with Gasteiger partial charge in [0.25, 0.3) is 5.91 Å². The Morgan fingerprint density at radius 3 is 2.72 bits per heavy atom. The molecule has 156 valence electrons. The summed E-state index contributed by atoms with van der Waals surface area (Å²) in [4.78, 5) is 17.2. The quantitative estimate of drug-likeness (QED) is 0.776. The molecule has 0 spiro atoms. The fourth-order valence-electron chi connectivity index (χ4n) is 4.33. The topological polar surface area (TPSA) is 61.5 Å². The Labute approximate surface area is 171 Å². The van der Waals surface area contributed by atoms with Crippen LogP contribution in [0.25, 0.3) is 0 Å². The van der Waals surface area contributed by atoms with Crippen LogP contribution in [0.5, 0.6) is 0 Å². The summed E-state index contributed by atoms with van der Waals surface area (Å²) in [7, 11) is 0. The molecule has 2 aliphatic rings. The molecule has 1 aromatic carbocycles. The predicted octanol–water partition coefficient (Wildman–Crippen LogP) is 3.08. The van der Waals surface area contributed by atoms with Crippen molar-refractivity contribution in [3.8, 4) is 0 Å². The van der Waals surface area contributed by atoms with Crippen molar-refractivity contribution >= 4 is 5.91 Å². The number of H-pyrrole nitrogens is 1. The number of nitrogens with one attached hydrogen (secondary N) is 1. The molecule has 0 bridgehead atoms. The smallest absolute Gasteiger partial charge is 0.271 e. The molecule has 2 fully saturated rings. The van der Waals surface area contributed by atoms with Crippen LogP contribution in [0.3, 0.4) is 0 Å². The minimum atomic E-state index is -0.137. The van der Waals surface area contributed by atoms with E-state index in [0.717, 1.165) is 57.5 Å². The summed E-state index contributed by atoms with van der Waals surface area (Å²) in [6.45, 7) is 4.63. The molecule has 2 aromatic rings. The van der Waals surface area contributed by atoms with E-state index < -0.39 is 0 Å². The highest BCUT2D eigenvalue weighted by atomic mass is 19.1. The van der Waals surface area contributed by atoms with E-state index in [0.29, 0.717) is 24.7 Å². The van der Waals surface area contributed by atoms with Crippen LogP contribution in [0.1, 0.15) is 41.7 Å². The Balaban J connectivity index is 1.33. The Hall–Kier alpha value is -2.25. The maximum atomic E-state index is 13.9. The van der Waals surface area contributed by atoms with E-state index in [1.165, 1.54) is 6.07 Å². The van der Waals surface area contributed by atoms with Gasteiger partial charge in [0.05, 0.1) is 6.10 Å². The Kier molecular flexibility index (Phi) is 6.56. The van der Waals surface area contributed by atoms with Crippen LogP contribution in [-0.2, 0) is 11.3 Å². The van der Waals surface area contributed by atoms with Crippen LogP contribution >= 0.6 is 0 Å². The molecule has 29 heavy (non-hydrogen) atoms. The zero-order valence-electron chi connectivity index (χ0n) is 16.7. The highest BCUT2D eigenvalue weighted by Crippen LogP contribution is 2.23. The van der Waals surface area contributed by atoms with Crippen molar-refractivity contribution in [2.75, 3.05) is 32.8 Å². The van der Waals surface area contributed by atoms with E-state index in [4.69, 9.17) is 4.74 Å². The highest BCUT2D eigenvalue weighted by Gasteiger charge is 2.28. The summed E-state index contributed by atoms with van der Waals surface area (Å²) < 4.78 is 19.7. The van der Waals surface area contributed by atoms with Crippen molar-refractivity contribution in [2.24, 2.45) is 5.92 Å². The number of carbonyl (C=O) groups is 1. The fraction of sp³-hybridized carbons (Fsp3) is 0.545. The van der Waals surface area contributed by atoms with Gasteiger partial charge in [0.15, 0.2) is 0 Å². The van der Waals surface area contributed by atoms with Crippen LogP contribution in [0, 0.1) is 11.7 Å². The zero-order valence-corrected chi connectivity index (χ0v) is 16.7. The first kappa shape index (κ1) is 20.0. The summed E-state index contributed by atoms with van der Waals surface area (Å²) in [5, 5.41) is 6.71. The lowest BCUT2D eigenvalue weighted by Gasteiger charge is -2.35. The molecule has 0 unspecified atom stereocenters. The molecule has 0 saturated carbocycles. The number of benzene rings is 1. The third kappa shape index (κ3) is 5.22. The number of rotatable bonds is 7. The number of hydrogen-bond acceptors (Lipinski definition) is 4. The number of hydrogen-bond donors (Lipinski definition) is 1. The number of ether oxygens (including phenoxy) is 1. The van der Waals surface area contributed by atoms with E-state index >= 15 is 0 Å². The molecule has 2 aliphatic heterocycles. The average Bonchev–Trinajstić information content (AvgIpc) is 3.44. The van der Waals surface area contributed by atoms with Gasteiger partial charge in [-0.05, 0) is 56.8 Å². The maximum Gasteiger partial charge on any atom is 0.271 e. The number of halogens is 1. The second-order valence-corrected chi connectivity index (χ2v) is 8.13. The van der Waals surface area contributed by atoms with Crippen LogP contribution in [0.4, 0.5) is 4.39 Å². The van der Waals surface area contributed by atoms with Crippen LogP contribution in [-0.4, -0.2) is 64.8 Å². The van der Waals surface area contributed by atoms with Gasteiger partial charge in [0.2, 0.25) is 0 Å². The molecule has 1 amide bonds. The van der Waals surface area contributed by atoms with Gasteiger partial charge in [-0.1, -0.05) is 18.2 Å². The first-order chi connectivity index (χ1) is 14.2. The number of aromatic nitrogens is 2. The molecule has 1 aromatic heterocycles. The molecule has 1 N–H and O–H groups in total. The van der Waals surface area contributed by atoms with E-state index in [1.54, 1.807) is 18.3 Å². The summed E-state index contributed by atoms with van der Waals surface area (Å²) in [6, 6.07) is 8.71. The molecule has 0 radical (unpaired) electrons. The van der Waals surface area contributed by atoms with Crippen molar-refractivity contribution in [3.63, 3.8) is 0 Å². The van der Waals surface area contributed by atoms with Crippen LogP contribution in [0.15, 0.2) is 36.5 Å². The lowest BCUT2D eigenvalue weighted by molar-refractivity contribution is 0.0440. The number of amides is 1. The minimum Gasteiger partial charge on any atom is -0.376 e. The molecule has 2 saturated heterocycles. The first-order valence-electron chi connectivity index (χ1n) is 10.5. The second-order valence-electron chi connectivity index (χ2n) is 8.13. The van der Waals surface area contributed by atoms with E-state index in [1.807, 2.05) is 17.0 Å². The molecule has 0 aliphatic carbocycles. The van der Waals surface area contributed by atoms with Gasteiger partial charge in [-0.25, -0.2) is 4.39 Å². The predicted molar refractivity (Wildman–Crippen MR) is 108 cm³/mol. The van der Waals surface area contributed by atoms with Crippen LogP contribution in [0.2, 0.25) is 0 Å². The lowest BCUT2D eigenvalue weighted by atomic mass is 9.95. The van der Waals surface area contributed by atoms with Crippen molar-refractivity contribution in [2.45, 2.75) is 38.3 Å². The van der Waals surface area contributed by atoms with Gasteiger partial charge < -0.3 is 9.64 Å². The lowest BCUT2D eigenvalue weighted by Crippen LogP contribution is -2.43. The second kappa shape index (κ2) is 9.50. The number of likely N-dealkylation sites (tertiary alicyclic amines) is 1. The van der Waals surface area contributed by atoms with Gasteiger partial charge in [-0.2, -0.15) is 5.10 Å². The third-order valence-corrected chi connectivity index (χ3v) is 6.00. The molecular formula is C22H29FN4O2. The van der Waals surface area contributed by atoms with Crippen molar-refractivity contribution in [3.05, 3.63) is 53.6 Å². The van der Waals surface area contributed by atoms with Gasteiger partial charge >= 0.3 is 0 Å². The molecule has 6 nitrogen and oxygen atoms in total. The number of aromatic amines is 1. The summed E-state index contributed by atoms with van der Waals surface area (Å²) in [6.07, 6.45) is 5.82. The van der Waals surface area contributed by atoms with Gasteiger partial charge in [-0.15, -0.1) is 0 Å². The summed E-state index contributed by atoms with van der Waals surface area (Å²) in [5.74, 6) is 0.300. The Bertz CT molecular complexity index is 784. The van der Waals surface area contributed by atoms with Crippen molar-refractivity contribution < 1.29 is 13.9 Å². The summed E-state index contributed by atoms with van der Waals surface area (Å²) in [5.41, 5.74) is 1.28. The third-order valence-electron chi connectivity index (χ3n) is 6.00. The first-order valence-corrected chi connectivity index (χ1v) is 10.5. The number of nitrogens with zero attached hydrogens (tertiary/aromatic N) is 3. The average molecular weight is 400 g/mol. The van der Waals surface area contributed by atoms with Gasteiger partial charge in [0.1, 0.15) is 11.5 Å². The molecule has 3 heterocycles. The van der Waals surface area contributed by atoms with E-state index in [9.17, 15) is 9.18 Å². The molecular weight excluding hydrogens is 371 g/mol. The van der Waals surface area contributed by atoms with E-state index in [-0.39, 0.29) is 17.8 Å². The van der Waals surface area contributed by atoms with Crippen molar-refractivity contribution in [1.82, 2.24) is 20.0 Å². The number of carbonyl (C=O) groups excluding carboxylic acids is 1. The van der Waals surface area contributed by atoms with Gasteiger partial charge in [0, 0.05) is 38.0 Å². The summed E-state index contributed by atoms with van der Waals surface area (Å²) >= 11 is 0. The normalized spacial score (nSPS) is 20.8. The monoisotopic (exact) mass is 400 g/mol. The van der Waals surface area contributed by atoms with Crippen LogP contribution < -0.4 is 0 Å². The van der Waals surface area contributed by atoms with Crippen molar-refractivity contribution in [1.29, 1.82) is 0 Å². The SMILES string of the molecule is O=C(c1ccn[nH]1)N(CC1CCN(Cc2ccccc2F)CC1)C[C@@H]1CCCO1. The fourth-order valence-corrected chi connectivity index (χ4v) is 4.33.